The second-order valence-electron chi connectivity index (χ2n) is 5.91. The number of fused-ring (bicyclic) bond motifs is 1. The van der Waals surface area contributed by atoms with Gasteiger partial charge < -0.3 is 15.5 Å². The molecule has 0 atom stereocenters. The summed E-state index contributed by atoms with van der Waals surface area (Å²) in [6.07, 6.45) is 3.32. The molecule has 3 rings (SSSR count). The highest BCUT2D eigenvalue weighted by atomic mass is 16.6. The minimum Gasteiger partial charge on any atom is -0.445 e. The molecule has 23 heavy (non-hydrogen) atoms. The third-order valence-electron chi connectivity index (χ3n) is 4.37. The average molecular weight is 314 g/mol. The SMILES string of the molecule is NC(=O)C1(OC(=O)c2cc3ccccc3[nH]c2=O)CCCCC1. The van der Waals surface area contributed by atoms with Gasteiger partial charge in [-0.15, -0.1) is 0 Å². The smallest absolute Gasteiger partial charge is 0.344 e. The lowest BCUT2D eigenvalue weighted by molar-refractivity contribution is -0.140. The highest BCUT2D eigenvalue weighted by Crippen LogP contribution is 2.32. The molecule has 1 saturated carbocycles. The second-order valence-corrected chi connectivity index (χ2v) is 5.91. The van der Waals surface area contributed by atoms with E-state index in [1.807, 2.05) is 6.07 Å². The number of pyridine rings is 1. The molecule has 120 valence electrons. The molecule has 0 unspecified atom stereocenters. The summed E-state index contributed by atoms with van der Waals surface area (Å²) < 4.78 is 5.42. The number of esters is 1. The number of hydrogen-bond donors (Lipinski definition) is 2. The van der Waals surface area contributed by atoms with Crippen molar-refractivity contribution in [3.8, 4) is 0 Å². The minimum absolute atomic E-state index is 0.116. The number of primary amides is 1. The van der Waals surface area contributed by atoms with Crippen LogP contribution in [0.15, 0.2) is 35.1 Å². The summed E-state index contributed by atoms with van der Waals surface area (Å²) in [7, 11) is 0. The van der Waals surface area contributed by atoms with Crippen molar-refractivity contribution in [1.82, 2.24) is 4.98 Å². The molecule has 2 aromatic rings. The number of aromatic nitrogens is 1. The molecule has 0 saturated heterocycles. The zero-order valence-corrected chi connectivity index (χ0v) is 12.6. The van der Waals surface area contributed by atoms with Crippen LogP contribution in [-0.4, -0.2) is 22.5 Å². The van der Waals surface area contributed by atoms with Gasteiger partial charge in [0.05, 0.1) is 0 Å². The summed E-state index contributed by atoms with van der Waals surface area (Å²) in [5.74, 6) is -1.46. The maximum absolute atomic E-state index is 12.4. The lowest BCUT2D eigenvalue weighted by atomic mass is 9.84. The number of hydrogen-bond acceptors (Lipinski definition) is 4. The van der Waals surface area contributed by atoms with Gasteiger partial charge in [0.2, 0.25) is 0 Å². The van der Waals surface area contributed by atoms with E-state index in [-0.39, 0.29) is 5.56 Å². The van der Waals surface area contributed by atoms with E-state index in [2.05, 4.69) is 4.98 Å². The molecule has 3 N–H and O–H groups in total. The van der Waals surface area contributed by atoms with Gasteiger partial charge in [0.25, 0.3) is 11.5 Å². The predicted molar refractivity (Wildman–Crippen MR) is 85.0 cm³/mol. The van der Waals surface area contributed by atoms with Crippen molar-refractivity contribution in [2.24, 2.45) is 5.73 Å². The molecule has 6 nitrogen and oxygen atoms in total. The Morgan fingerprint density at radius 2 is 1.83 bits per heavy atom. The van der Waals surface area contributed by atoms with Crippen molar-refractivity contribution in [2.45, 2.75) is 37.7 Å². The van der Waals surface area contributed by atoms with Crippen molar-refractivity contribution in [3.05, 3.63) is 46.2 Å². The van der Waals surface area contributed by atoms with E-state index in [1.54, 1.807) is 18.2 Å². The lowest BCUT2D eigenvalue weighted by Crippen LogP contribution is -2.49. The van der Waals surface area contributed by atoms with Crippen molar-refractivity contribution in [3.63, 3.8) is 0 Å². The topological polar surface area (TPSA) is 102 Å². The summed E-state index contributed by atoms with van der Waals surface area (Å²) >= 11 is 0. The van der Waals surface area contributed by atoms with Gasteiger partial charge >= 0.3 is 5.97 Å². The molecular formula is C17H18N2O4. The number of benzene rings is 1. The zero-order chi connectivity index (χ0) is 16.4. The standard InChI is InChI=1S/C17H18N2O4/c18-16(22)17(8-4-1-5-9-17)23-15(21)12-10-11-6-2-3-7-13(11)19-14(12)20/h2-3,6-7,10H,1,4-5,8-9H2,(H2,18,22)(H,19,20). The molecule has 0 bridgehead atoms. The van der Waals surface area contributed by atoms with Crippen LogP contribution in [0.25, 0.3) is 10.9 Å². The molecule has 1 aromatic heterocycles. The monoisotopic (exact) mass is 314 g/mol. The van der Waals surface area contributed by atoms with Crippen LogP contribution in [0.2, 0.25) is 0 Å². The average Bonchev–Trinajstić information content (AvgIpc) is 2.54. The fourth-order valence-electron chi connectivity index (χ4n) is 3.05. The Morgan fingerprint density at radius 1 is 1.13 bits per heavy atom. The Morgan fingerprint density at radius 3 is 2.52 bits per heavy atom. The fraction of sp³-hybridized carbons (Fsp3) is 0.353. The quantitative estimate of drug-likeness (QED) is 0.844. The first-order valence-electron chi connectivity index (χ1n) is 7.67. The summed E-state index contributed by atoms with van der Waals surface area (Å²) in [5.41, 5.74) is 4.14. The maximum Gasteiger partial charge on any atom is 0.344 e. The highest BCUT2D eigenvalue weighted by Gasteiger charge is 2.42. The van der Waals surface area contributed by atoms with Crippen LogP contribution >= 0.6 is 0 Å². The summed E-state index contributed by atoms with van der Waals surface area (Å²) in [5, 5.41) is 0.718. The van der Waals surface area contributed by atoms with Gasteiger partial charge in [-0.1, -0.05) is 24.6 Å². The van der Waals surface area contributed by atoms with Crippen molar-refractivity contribution >= 4 is 22.8 Å². The molecule has 1 fully saturated rings. The number of aromatic amines is 1. The normalized spacial score (nSPS) is 16.9. The Balaban J connectivity index is 1.95. The van der Waals surface area contributed by atoms with Crippen LogP contribution in [0.5, 0.6) is 0 Å². The Bertz CT molecular complexity index is 819. The largest absolute Gasteiger partial charge is 0.445 e. The first kappa shape index (κ1) is 15.3. The van der Waals surface area contributed by atoms with Crippen LogP contribution in [-0.2, 0) is 9.53 Å². The van der Waals surface area contributed by atoms with E-state index in [9.17, 15) is 14.4 Å². The Hall–Kier alpha value is -2.63. The molecule has 0 spiro atoms. The molecule has 1 heterocycles. The van der Waals surface area contributed by atoms with Crippen LogP contribution in [0.4, 0.5) is 0 Å². The number of nitrogens with one attached hydrogen (secondary N) is 1. The molecule has 1 amide bonds. The van der Waals surface area contributed by atoms with E-state index in [0.29, 0.717) is 18.4 Å². The molecule has 1 aliphatic carbocycles. The van der Waals surface area contributed by atoms with Gasteiger partial charge in [-0.25, -0.2) is 4.79 Å². The lowest BCUT2D eigenvalue weighted by Gasteiger charge is -2.33. The molecule has 0 aliphatic heterocycles. The van der Waals surface area contributed by atoms with Gasteiger partial charge in [0.15, 0.2) is 5.60 Å². The molecule has 1 aliphatic rings. The highest BCUT2D eigenvalue weighted by molar-refractivity contribution is 5.96. The van der Waals surface area contributed by atoms with Gasteiger partial charge in [0.1, 0.15) is 5.56 Å². The number of ether oxygens (including phenoxy) is 1. The predicted octanol–water partition coefficient (Wildman–Crippen LogP) is 1.87. The van der Waals surface area contributed by atoms with Gasteiger partial charge in [-0.05, 0) is 43.2 Å². The third-order valence-corrected chi connectivity index (χ3v) is 4.37. The second kappa shape index (κ2) is 5.87. The number of nitrogens with two attached hydrogens (primary N) is 1. The zero-order valence-electron chi connectivity index (χ0n) is 12.6. The number of H-pyrrole nitrogens is 1. The van der Waals surface area contributed by atoms with Gasteiger partial charge in [0, 0.05) is 5.52 Å². The minimum atomic E-state index is -1.30. The Kier molecular flexibility index (Phi) is 3.90. The fourth-order valence-corrected chi connectivity index (χ4v) is 3.05. The number of carbonyl (C=O) groups excluding carboxylic acids is 2. The number of carbonyl (C=O) groups is 2. The van der Waals surface area contributed by atoms with Crippen molar-refractivity contribution in [2.75, 3.05) is 0 Å². The first-order chi connectivity index (χ1) is 11.0. The maximum atomic E-state index is 12.4. The van der Waals surface area contributed by atoms with E-state index < -0.39 is 23.0 Å². The van der Waals surface area contributed by atoms with Gasteiger partial charge in [-0.3, -0.25) is 9.59 Å². The van der Waals surface area contributed by atoms with E-state index in [4.69, 9.17) is 10.5 Å². The van der Waals surface area contributed by atoms with E-state index in [1.165, 1.54) is 6.07 Å². The number of amides is 1. The van der Waals surface area contributed by atoms with Crippen LogP contribution in [0, 0.1) is 0 Å². The van der Waals surface area contributed by atoms with Crippen LogP contribution < -0.4 is 11.3 Å². The molecule has 1 aromatic carbocycles. The van der Waals surface area contributed by atoms with E-state index >= 15 is 0 Å². The summed E-state index contributed by atoms with van der Waals surface area (Å²) in [6.45, 7) is 0. The number of rotatable bonds is 3. The summed E-state index contributed by atoms with van der Waals surface area (Å²) in [6, 6.07) is 8.61. The molecule has 6 heteroatoms. The Labute approximate surface area is 132 Å². The molecule has 0 radical (unpaired) electrons. The molecular weight excluding hydrogens is 296 g/mol. The van der Waals surface area contributed by atoms with Crippen molar-refractivity contribution < 1.29 is 14.3 Å². The summed E-state index contributed by atoms with van der Waals surface area (Å²) in [4.78, 5) is 39.0. The van der Waals surface area contributed by atoms with E-state index in [0.717, 1.165) is 24.6 Å². The third kappa shape index (κ3) is 2.84. The first-order valence-corrected chi connectivity index (χ1v) is 7.67. The van der Waals surface area contributed by atoms with Crippen LogP contribution in [0.1, 0.15) is 42.5 Å². The van der Waals surface area contributed by atoms with Crippen LogP contribution in [0.3, 0.4) is 0 Å². The van der Waals surface area contributed by atoms with Crippen molar-refractivity contribution in [1.29, 1.82) is 0 Å². The van der Waals surface area contributed by atoms with Gasteiger partial charge in [-0.2, -0.15) is 0 Å². The number of para-hydroxylation sites is 1.